The van der Waals surface area contributed by atoms with Crippen molar-refractivity contribution in [1.29, 1.82) is 0 Å². The van der Waals surface area contributed by atoms with Crippen molar-refractivity contribution in [2.45, 2.75) is 133 Å². The molecular weight excluding hydrogens is 887 g/mol. The van der Waals surface area contributed by atoms with Gasteiger partial charge in [0.15, 0.2) is 0 Å². The Morgan fingerprint density at radius 1 is 0.900 bits per heavy atom. The first-order valence-electron chi connectivity index (χ1n) is 25.8. The largest absolute Gasteiger partial charge is 0.459 e. The molecule has 0 radical (unpaired) electrons. The summed E-state index contributed by atoms with van der Waals surface area (Å²) < 4.78 is 27.4. The van der Waals surface area contributed by atoms with Gasteiger partial charge in [0.05, 0.1) is 35.8 Å². The van der Waals surface area contributed by atoms with Gasteiger partial charge in [-0.2, -0.15) is 0 Å². The van der Waals surface area contributed by atoms with Gasteiger partial charge >= 0.3 is 0 Å². The maximum absolute atomic E-state index is 15.5. The maximum Gasteiger partial charge on any atom is 0.273 e. The van der Waals surface area contributed by atoms with Gasteiger partial charge in [-0.05, 0) is 109 Å². The number of aliphatic hydroxyl groups is 2. The Kier molecular flexibility index (Phi) is 16.3. The van der Waals surface area contributed by atoms with E-state index in [4.69, 9.17) is 28.9 Å². The highest BCUT2D eigenvalue weighted by atomic mass is 16.8. The molecule has 3 fully saturated rings. The summed E-state index contributed by atoms with van der Waals surface area (Å²) in [6.45, 7) is 5.31. The van der Waals surface area contributed by atoms with E-state index in [9.17, 15) is 20.3 Å². The van der Waals surface area contributed by atoms with E-state index in [1.165, 1.54) is 25.0 Å². The van der Waals surface area contributed by atoms with Crippen molar-refractivity contribution in [1.82, 2.24) is 4.90 Å². The Morgan fingerprint density at radius 2 is 1.67 bits per heavy atom. The molecule has 2 N–H and O–H groups in total. The molecule has 2 heterocycles. The molecule has 9 rings (SSSR count). The second-order valence-corrected chi connectivity index (χ2v) is 19.9. The number of carbonyl (C=O) groups excluding carboxylic acids is 1. The molecule has 70 heavy (non-hydrogen) atoms. The number of carbonyl (C=O) groups is 1. The fraction of sp³-hybridized carbons (Fsp3) is 0.509. The van der Waals surface area contributed by atoms with Gasteiger partial charge in [-0.3, -0.25) is 14.9 Å². The summed E-state index contributed by atoms with van der Waals surface area (Å²) >= 11 is 0. The molecule has 2 aliphatic heterocycles. The normalized spacial score (nSPS) is 25.6. The molecule has 4 aromatic carbocycles. The SMILES string of the molecule is C=CCOC12Oc3ccc(Oc4cccc([N+](=O)[O-])c4)cc3C3C(CCCCO)C(CCCCO)C=C(C(=NOC4CCCCO4)CC1N(Cc1cccc4ccccc14)C(=O)CCC1CCCC1)C32. The van der Waals surface area contributed by atoms with Crippen LogP contribution in [-0.2, 0) is 25.7 Å². The van der Waals surface area contributed by atoms with Gasteiger partial charge in [-0.25, -0.2) is 0 Å². The second kappa shape index (κ2) is 23.1. The number of nitrogens with zero attached hydrogens (tertiary/aromatic N) is 3. The zero-order valence-corrected chi connectivity index (χ0v) is 40.3. The molecule has 7 unspecified atom stereocenters. The van der Waals surface area contributed by atoms with E-state index in [0.717, 1.165) is 91.0 Å². The Bertz CT molecular complexity index is 2510. The molecule has 1 amide bonds. The van der Waals surface area contributed by atoms with Gasteiger partial charge in [0.25, 0.3) is 5.69 Å². The van der Waals surface area contributed by atoms with Crippen LogP contribution in [0.5, 0.6) is 17.2 Å². The van der Waals surface area contributed by atoms with Crippen molar-refractivity contribution in [3.63, 3.8) is 0 Å². The van der Waals surface area contributed by atoms with Crippen molar-refractivity contribution in [2.75, 3.05) is 26.4 Å². The number of benzene rings is 4. The second-order valence-electron chi connectivity index (χ2n) is 19.9. The molecule has 0 spiro atoms. The number of amides is 1. The van der Waals surface area contributed by atoms with E-state index in [1.54, 1.807) is 18.2 Å². The number of aliphatic hydroxyl groups excluding tert-OH is 2. The lowest BCUT2D eigenvalue weighted by atomic mass is 9.55. The number of hydrogen-bond acceptors (Lipinski definition) is 11. The standard InChI is InChI=1S/C57H69N3O10/c1-2-32-67-57-52(59(53(63)29-26-39-15-3-4-16-39)38-42-20-13-19-40-17-5-6-23-46(40)42)37-50(58-70-54-25-9-12-33-66-54)48-34-41(18-7-10-30-61)47(24-8-11-31-62)55(56(48)57)49-36-45(27-28-51(49)69-57)68-44-22-14-21-43(35-44)60(64)65/h2,5-6,13-14,17,19-23,27-28,34-36,39,41,47,52,54-56,61-62H,1,3-4,7-12,15-16,18,24-26,29-33,37-38H2. The fourth-order valence-corrected chi connectivity index (χ4v) is 12.2. The first-order valence-corrected chi connectivity index (χ1v) is 25.8. The molecule has 0 aromatic heterocycles. The number of non-ortho nitro benzene ring substituents is 1. The van der Waals surface area contributed by atoms with Crippen LogP contribution >= 0.6 is 0 Å². The number of oxime groups is 1. The van der Waals surface area contributed by atoms with Gasteiger partial charge in [-0.15, -0.1) is 6.58 Å². The number of ether oxygens (including phenoxy) is 4. The summed E-state index contributed by atoms with van der Waals surface area (Å²) in [7, 11) is 0. The summed E-state index contributed by atoms with van der Waals surface area (Å²) in [5.41, 5.74) is 3.49. The third-order valence-corrected chi connectivity index (χ3v) is 15.5. The average Bonchev–Trinajstić information content (AvgIpc) is 3.92. The number of fused-ring (bicyclic) bond motifs is 3. The monoisotopic (exact) mass is 955 g/mol. The summed E-state index contributed by atoms with van der Waals surface area (Å²) in [6.07, 6.45) is 16.7. The minimum Gasteiger partial charge on any atom is -0.459 e. The first kappa shape index (κ1) is 49.4. The van der Waals surface area contributed by atoms with Gasteiger partial charge in [0, 0.05) is 56.6 Å². The van der Waals surface area contributed by atoms with Crippen LogP contribution in [-0.4, -0.2) is 76.2 Å². The van der Waals surface area contributed by atoms with Crippen molar-refractivity contribution < 1.29 is 43.7 Å². The predicted octanol–water partition coefficient (Wildman–Crippen LogP) is 11.7. The van der Waals surface area contributed by atoms with E-state index in [-0.39, 0.29) is 55.6 Å². The molecule has 13 nitrogen and oxygen atoms in total. The fourth-order valence-electron chi connectivity index (χ4n) is 12.2. The van der Waals surface area contributed by atoms with Crippen molar-refractivity contribution in [2.24, 2.45) is 28.8 Å². The number of nitro benzene ring substituents is 1. The zero-order chi connectivity index (χ0) is 48.5. The van der Waals surface area contributed by atoms with E-state index in [2.05, 4.69) is 43.0 Å². The van der Waals surface area contributed by atoms with Crippen LogP contribution in [0.15, 0.2) is 114 Å². The van der Waals surface area contributed by atoms with Crippen LogP contribution in [0.3, 0.4) is 0 Å². The van der Waals surface area contributed by atoms with E-state index >= 15 is 4.79 Å². The first-order chi connectivity index (χ1) is 34.3. The summed E-state index contributed by atoms with van der Waals surface area (Å²) in [6, 6.07) is 25.8. The average molecular weight is 956 g/mol. The third kappa shape index (κ3) is 10.8. The summed E-state index contributed by atoms with van der Waals surface area (Å²) in [5, 5.41) is 39.2. The van der Waals surface area contributed by atoms with Crippen molar-refractivity contribution in [3.8, 4) is 17.2 Å². The molecule has 0 bridgehead atoms. The predicted molar refractivity (Wildman–Crippen MR) is 268 cm³/mol. The van der Waals surface area contributed by atoms with Crippen LogP contribution in [0.2, 0.25) is 0 Å². The number of nitro groups is 1. The van der Waals surface area contributed by atoms with Gasteiger partial charge in [-0.1, -0.05) is 104 Å². The molecule has 1 saturated heterocycles. The lowest BCUT2D eigenvalue weighted by Gasteiger charge is -2.60. The number of allylic oxidation sites excluding steroid dienone is 1. The number of rotatable bonds is 22. The smallest absolute Gasteiger partial charge is 0.273 e. The van der Waals surface area contributed by atoms with Crippen molar-refractivity contribution in [3.05, 3.63) is 130 Å². The molecule has 5 aliphatic rings. The maximum atomic E-state index is 15.5. The minimum absolute atomic E-state index is 0.00593. The minimum atomic E-state index is -1.45. The number of hydrogen-bond donors (Lipinski definition) is 2. The highest BCUT2D eigenvalue weighted by Crippen LogP contribution is 2.62. The van der Waals surface area contributed by atoms with Gasteiger partial charge < -0.3 is 38.9 Å². The van der Waals surface area contributed by atoms with E-state index in [0.29, 0.717) is 62.0 Å². The molecule has 13 heteroatoms. The Morgan fingerprint density at radius 3 is 2.46 bits per heavy atom. The summed E-state index contributed by atoms with van der Waals surface area (Å²) in [5.74, 6) is -0.292. The van der Waals surface area contributed by atoms with Crippen LogP contribution in [0.1, 0.15) is 120 Å². The van der Waals surface area contributed by atoms with E-state index in [1.807, 2.05) is 35.2 Å². The molecule has 372 valence electrons. The Labute approximate surface area is 411 Å². The van der Waals surface area contributed by atoms with Crippen molar-refractivity contribution >= 4 is 28.1 Å². The Balaban J connectivity index is 1.24. The third-order valence-electron chi connectivity index (χ3n) is 15.5. The van der Waals surface area contributed by atoms with Crippen LogP contribution in [0.25, 0.3) is 10.8 Å². The summed E-state index contributed by atoms with van der Waals surface area (Å²) in [4.78, 5) is 35.3. The zero-order valence-electron chi connectivity index (χ0n) is 40.3. The van der Waals surface area contributed by atoms with Gasteiger partial charge in [0.2, 0.25) is 18.0 Å². The lowest BCUT2D eigenvalue weighted by Crippen LogP contribution is -2.70. The van der Waals surface area contributed by atoms with Gasteiger partial charge in [0.1, 0.15) is 23.3 Å². The van der Waals surface area contributed by atoms with E-state index < -0.39 is 29.0 Å². The molecule has 3 aliphatic carbocycles. The Hall–Kier alpha value is -5.60. The molecule has 4 aromatic rings. The quantitative estimate of drug-likeness (QED) is 0.0335. The van der Waals surface area contributed by atoms with Crippen LogP contribution in [0.4, 0.5) is 5.69 Å². The highest BCUT2D eigenvalue weighted by Gasteiger charge is 2.65. The van der Waals surface area contributed by atoms with Crippen LogP contribution in [0, 0.1) is 33.8 Å². The number of unbranched alkanes of at least 4 members (excludes halogenated alkanes) is 2. The molecular formula is C57H69N3O10. The lowest BCUT2D eigenvalue weighted by molar-refractivity contribution is -0.384. The molecule has 7 atom stereocenters. The topological polar surface area (TPSA) is 162 Å². The van der Waals surface area contributed by atoms with Crippen LogP contribution < -0.4 is 9.47 Å². The highest BCUT2D eigenvalue weighted by molar-refractivity contribution is 6.03. The molecule has 2 saturated carbocycles.